The molecule has 0 radical (unpaired) electrons. The van der Waals surface area contributed by atoms with Gasteiger partial charge in [0.25, 0.3) is 0 Å². The topological polar surface area (TPSA) is 187 Å². The van der Waals surface area contributed by atoms with Gasteiger partial charge in [-0.05, 0) is 111 Å². The fourth-order valence-corrected chi connectivity index (χ4v) is 12.7. The van der Waals surface area contributed by atoms with E-state index in [2.05, 4.69) is 51.7 Å². The number of piperazine rings is 1. The minimum absolute atomic E-state index is 0.0399. The highest BCUT2D eigenvalue weighted by atomic mass is 16.3. The van der Waals surface area contributed by atoms with E-state index < -0.39 is 23.6 Å². The van der Waals surface area contributed by atoms with Crippen molar-refractivity contribution in [3.05, 3.63) is 65.7 Å². The van der Waals surface area contributed by atoms with Gasteiger partial charge >= 0.3 is 0 Å². The van der Waals surface area contributed by atoms with Gasteiger partial charge in [0, 0.05) is 87.9 Å². The molecule has 4 atom stereocenters. The summed E-state index contributed by atoms with van der Waals surface area (Å²) in [7, 11) is 0. The third kappa shape index (κ3) is 9.69. The van der Waals surface area contributed by atoms with Gasteiger partial charge in [0.05, 0.1) is 29.4 Å². The standard InChI is InChI=1S/C54H70N10O6/c1-5-34-10-12-35(13-11-34)28-56-50(68)45-24-41(65)33-64(45)52(70)47(53(2,3)4)57-49(67)36-14-18-54(19-15-36)26-39(27-54)60-20-16-38(17-21-60)62-30-37(31-62)51(69)61-22-23-63-40(32-61)29-55-48-44(63)25-43(58-59-48)42-8-6-7-9-46(42)66/h1,6-13,25,36-41,45,47,65-66H,14-24,26-33H2,2-4H3,(H,55,59)(H,56,68)(H,57,67)/t36?,39?,40-,41+,45-,47+,54?/m0/s1. The minimum Gasteiger partial charge on any atom is -0.507 e. The molecule has 372 valence electrons. The Bertz CT molecular complexity index is 2480. The number of hydrogen-bond acceptors (Lipinski definition) is 12. The second-order valence-corrected chi connectivity index (χ2v) is 22.5. The lowest BCUT2D eigenvalue weighted by Crippen LogP contribution is -2.64. The monoisotopic (exact) mass is 955 g/mol. The number of terminal acetylenes is 1. The van der Waals surface area contributed by atoms with Crippen LogP contribution >= 0.6 is 0 Å². The van der Waals surface area contributed by atoms with Gasteiger partial charge in [-0.15, -0.1) is 16.6 Å². The van der Waals surface area contributed by atoms with Crippen LogP contribution in [0.25, 0.3) is 11.3 Å². The number of phenolic OH excluding ortho intramolecular Hbond substituents is 1. The lowest BCUT2D eigenvalue weighted by molar-refractivity contribution is -0.145. The average Bonchev–Trinajstić information content (AvgIpc) is 3.74. The molecule has 5 aliphatic heterocycles. The number of aromatic nitrogens is 2. The molecule has 0 unspecified atom stereocenters. The maximum absolute atomic E-state index is 14.2. The third-order valence-corrected chi connectivity index (χ3v) is 17.0. The highest BCUT2D eigenvalue weighted by Crippen LogP contribution is 2.55. The van der Waals surface area contributed by atoms with Crippen LogP contribution in [-0.4, -0.2) is 159 Å². The van der Waals surface area contributed by atoms with Gasteiger partial charge in [0.1, 0.15) is 17.8 Å². The number of fused-ring (bicyclic) bond motifs is 3. The molecule has 3 aromatic rings. The normalized spacial score (nSPS) is 27.8. The molecule has 70 heavy (non-hydrogen) atoms. The number of para-hydroxylation sites is 1. The number of aliphatic hydroxyl groups is 1. The van der Waals surface area contributed by atoms with E-state index in [-0.39, 0.29) is 72.2 Å². The molecule has 1 aromatic heterocycles. The van der Waals surface area contributed by atoms with Crippen molar-refractivity contribution >= 4 is 35.1 Å². The van der Waals surface area contributed by atoms with Crippen LogP contribution in [0.15, 0.2) is 54.6 Å². The molecular weight excluding hydrogens is 885 g/mol. The smallest absolute Gasteiger partial charge is 0.246 e. The van der Waals surface area contributed by atoms with Crippen LogP contribution in [0.4, 0.5) is 11.5 Å². The van der Waals surface area contributed by atoms with E-state index in [4.69, 9.17) is 6.42 Å². The largest absolute Gasteiger partial charge is 0.507 e. The number of carbonyl (C=O) groups excluding carboxylic acids is 4. The molecule has 2 saturated carbocycles. The van der Waals surface area contributed by atoms with E-state index in [0.29, 0.717) is 43.0 Å². The quantitative estimate of drug-likeness (QED) is 0.186. The Kier molecular flexibility index (Phi) is 13.3. The second kappa shape index (κ2) is 19.4. The van der Waals surface area contributed by atoms with Crippen molar-refractivity contribution in [1.82, 2.24) is 40.4 Å². The van der Waals surface area contributed by atoms with Crippen molar-refractivity contribution in [3.63, 3.8) is 0 Å². The van der Waals surface area contributed by atoms with E-state index in [1.54, 1.807) is 12.1 Å². The maximum atomic E-state index is 14.2. The van der Waals surface area contributed by atoms with E-state index in [1.807, 2.05) is 63.2 Å². The van der Waals surface area contributed by atoms with Gasteiger partial charge in [0.2, 0.25) is 23.6 Å². The van der Waals surface area contributed by atoms with Gasteiger partial charge in [0.15, 0.2) is 5.82 Å². The summed E-state index contributed by atoms with van der Waals surface area (Å²) in [5, 5.41) is 39.4. The highest BCUT2D eigenvalue weighted by molar-refractivity contribution is 5.93. The zero-order valence-electron chi connectivity index (χ0n) is 41.0. The van der Waals surface area contributed by atoms with Crippen LogP contribution in [0, 0.1) is 35.0 Å². The average molecular weight is 955 g/mol. The van der Waals surface area contributed by atoms with Gasteiger partial charge in [-0.2, -0.15) is 0 Å². The molecule has 0 bridgehead atoms. The number of rotatable bonds is 10. The number of nitrogens with one attached hydrogen (secondary N) is 3. The molecule has 2 aliphatic carbocycles. The third-order valence-electron chi connectivity index (χ3n) is 17.0. The number of benzene rings is 2. The number of phenols is 1. The molecule has 4 saturated heterocycles. The number of piperidine rings is 1. The van der Waals surface area contributed by atoms with Crippen LogP contribution in [0.3, 0.4) is 0 Å². The number of aromatic hydroxyl groups is 1. The number of β-amino-alcohol motifs (C(OH)–C–C–N with tert-alkyl or cyclic N) is 1. The predicted octanol–water partition coefficient (Wildman–Crippen LogP) is 3.82. The molecule has 2 aromatic carbocycles. The molecule has 6 heterocycles. The first kappa shape index (κ1) is 47.9. The molecule has 5 N–H and O–H groups in total. The fraction of sp³-hybridized carbons (Fsp3) is 0.593. The predicted molar refractivity (Wildman–Crippen MR) is 266 cm³/mol. The lowest BCUT2D eigenvalue weighted by Gasteiger charge is -2.56. The summed E-state index contributed by atoms with van der Waals surface area (Å²) in [6.45, 7) is 12.7. The molecule has 10 rings (SSSR count). The first-order valence-corrected chi connectivity index (χ1v) is 25.7. The summed E-state index contributed by atoms with van der Waals surface area (Å²) in [5.41, 5.74) is 3.53. The highest BCUT2D eigenvalue weighted by Gasteiger charge is 2.51. The first-order chi connectivity index (χ1) is 33.6. The maximum Gasteiger partial charge on any atom is 0.246 e. The van der Waals surface area contributed by atoms with Crippen molar-refractivity contribution in [2.75, 3.05) is 69.1 Å². The van der Waals surface area contributed by atoms with Gasteiger partial charge in [-0.3, -0.25) is 24.1 Å². The van der Waals surface area contributed by atoms with E-state index >= 15 is 0 Å². The molecule has 16 heteroatoms. The molecule has 16 nitrogen and oxygen atoms in total. The van der Waals surface area contributed by atoms with Crippen molar-refractivity contribution < 1.29 is 29.4 Å². The van der Waals surface area contributed by atoms with Crippen molar-refractivity contribution in [2.45, 2.75) is 121 Å². The summed E-state index contributed by atoms with van der Waals surface area (Å²) < 4.78 is 0. The molecule has 4 amide bonds. The Morgan fingerprint density at radius 1 is 0.857 bits per heavy atom. The zero-order chi connectivity index (χ0) is 48.9. The first-order valence-electron chi connectivity index (χ1n) is 25.7. The summed E-state index contributed by atoms with van der Waals surface area (Å²) in [5.74, 6) is 2.88. The van der Waals surface area contributed by atoms with Gasteiger partial charge in [-0.25, -0.2) is 0 Å². The molecular formula is C54H70N10O6. The molecule has 6 fully saturated rings. The zero-order valence-corrected chi connectivity index (χ0v) is 41.0. The Morgan fingerprint density at radius 2 is 1.59 bits per heavy atom. The van der Waals surface area contributed by atoms with E-state index in [9.17, 15) is 29.4 Å². The van der Waals surface area contributed by atoms with Crippen LogP contribution in [0.5, 0.6) is 5.75 Å². The lowest BCUT2D eigenvalue weighted by atomic mass is 9.56. The second-order valence-electron chi connectivity index (χ2n) is 22.5. The molecule has 7 aliphatic rings. The van der Waals surface area contributed by atoms with Crippen LogP contribution in [0.2, 0.25) is 0 Å². The Labute approximate surface area is 411 Å². The number of likely N-dealkylation sites (tertiary alicyclic amines) is 3. The van der Waals surface area contributed by atoms with Gasteiger partial charge in [-0.1, -0.05) is 51.0 Å². The number of anilines is 2. The summed E-state index contributed by atoms with van der Waals surface area (Å²) in [6.07, 6.45) is 13.0. The summed E-state index contributed by atoms with van der Waals surface area (Å²) in [4.78, 5) is 66.5. The fourth-order valence-electron chi connectivity index (χ4n) is 12.7. The number of hydrogen-bond donors (Lipinski definition) is 5. The SMILES string of the molecule is C#Cc1ccc(CNC(=O)[C@@H]2C[C@@H](O)CN2C(=O)[C@@H](NC(=O)C2CCC3(CC2)CC(N2CCC(N4CC(C(=O)N5CCN6c7cc(-c8ccccc8O)nnc7NC[C@H]6C5)C4)CC2)C3)C(C)(C)C)cc1. The summed E-state index contributed by atoms with van der Waals surface area (Å²) >= 11 is 0. The van der Waals surface area contributed by atoms with Crippen molar-refractivity contribution in [3.8, 4) is 29.4 Å². The van der Waals surface area contributed by atoms with Crippen LogP contribution in [-0.2, 0) is 25.7 Å². The summed E-state index contributed by atoms with van der Waals surface area (Å²) in [6, 6.07) is 16.1. The Balaban J connectivity index is 0.643. The minimum atomic E-state index is -0.842. The Hall–Kier alpha value is -5.76. The molecule has 1 spiro atoms. The Morgan fingerprint density at radius 3 is 2.29 bits per heavy atom. The van der Waals surface area contributed by atoms with Crippen LogP contribution < -0.4 is 20.9 Å². The number of aliphatic hydroxyl groups excluding tert-OH is 1. The van der Waals surface area contributed by atoms with Crippen molar-refractivity contribution in [1.29, 1.82) is 0 Å². The number of nitrogens with zero attached hydrogens (tertiary/aromatic N) is 7. The van der Waals surface area contributed by atoms with E-state index in [1.165, 1.54) is 17.7 Å². The van der Waals surface area contributed by atoms with Crippen LogP contribution in [0.1, 0.15) is 89.7 Å². The van der Waals surface area contributed by atoms with Gasteiger partial charge < -0.3 is 45.8 Å². The van der Waals surface area contributed by atoms with Crippen molar-refractivity contribution in [2.24, 2.45) is 22.7 Å². The number of carbonyl (C=O) groups is 4. The van der Waals surface area contributed by atoms with E-state index in [0.717, 1.165) is 93.9 Å². The number of amides is 4.